The molecule has 0 saturated heterocycles. The summed E-state index contributed by atoms with van der Waals surface area (Å²) in [6.07, 6.45) is 3.00. The first-order valence-electron chi connectivity index (χ1n) is 21.6. The van der Waals surface area contributed by atoms with E-state index in [-0.39, 0.29) is 43.9 Å². The van der Waals surface area contributed by atoms with Crippen molar-refractivity contribution in [1.82, 2.24) is 26.4 Å². The number of carbonyl (C=O) groups is 5. The standard InChI is InChI=1S/C48H67N5O8/c1-33(2)41(50-46(57)59-31-37-24-16-10-17-25-37)43(54)49-39(28-35-20-12-8-13-21-35)40(61-45(56)48(5,6)7)30-53(29-36-22-14-9-15-23-36)52-44(55)42(34(3)4)51-47(58)60-32-38-26-18-11-19-27-38/h8,10-13,16-21,24-27,33-34,36,39-42H,9,14-15,22-23,28-32H2,1-7H3,(H,49,54)(H,50,57)(H,51,58)(H,52,55)/t39-,40-,41-,42-/m0/s1. The lowest BCUT2D eigenvalue weighted by atomic mass is 9.89. The highest BCUT2D eigenvalue weighted by atomic mass is 16.6. The molecule has 0 aliphatic heterocycles. The number of amides is 4. The lowest BCUT2D eigenvalue weighted by Gasteiger charge is -2.37. The highest BCUT2D eigenvalue weighted by Crippen LogP contribution is 2.25. The number of carbonyl (C=O) groups excluding carboxylic acids is 5. The molecule has 0 aromatic heterocycles. The largest absolute Gasteiger partial charge is 0.458 e. The summed E-state index contributed by atoms with van der Waals surface area (Å²) in [5, 5.41) is 10.4. The third kappa shape index (κ3) is 16.9. The fourth-order valence-corrected chi connectivity index (χ4v) is 7.12. The molecular formula is C48H67N5O8. The van der Waals surface area contributed by atoms with E-state index in [0.29, 0.717) is 6.54 Å². The summed E-state index contributed by atoms with van der Waals surface area (Å²) in [7, 11) is 0. The molecule has 1 aliphatic rings. The van der Waals surface area contributed by atoms with Gasteiger partial charge in [0, 0.05) is 6.54 Å². The van der Waals surface area contributed by atoms with Crippen molar-refractivity contribution in [2.45, 2.75) is 124 Å². The number of hydrogen-bond donors (Lipinski definition) is 4. The van der Waals surface area contributed by atoms with Crippen molar-refractivity contribution in [1.29, 1.82) is 0 Å². The summed E-state index contributed by atoms with van der Waals surface area (Å²) in [5.41, 5.74) is 4.68. The van der Waals surface area contributed by atoms with Crippen LogP contribution in [0.25, 0.3) is 0 Å². The van der Waals surface area contributed by atoms with Gasteiger partial charge in [-0.1, -0.05) is 138 Å². The van der Waals surface area contributed by atoms with E-state index in [4.69, 9.17) is 14.2 Å². The summed E-state index contributed by atoms with van der Waals surface area (Å²) in [6.45, 7) is 13.1. The Bertz CT molecular complexity index is 1810. The van der Waals surface area contributed by atoms with Gasteiger partial charge in [0.25, 0.3) is 5.91 Å². The maximum Gasteiger partial charge on any atom is 0.408 e. The summed E-state index contributed by atoms with van der Waals surface area (Å²) < 4.78 is 17.3. The second-order valence-corrected chi connectivity index (χ2v) is 17.7. The number of esters is 1. The van der Waals surface area contributed by atoms with Crippen molar-refractivity contribution >= 4 is 30.0 Å². The molecule has 3 aromatic carbocycles. The first kappa shape index (κ1) is 48.2. The highest BCUT2D eigenvalue weighted by molar-refractivity contribution is 5.86. The van der Waals surface area contributed by atoms with Crippen LogP contribution in [0.2, 0.25) is 0 Å². The van der Waals surface area contributed by atoms with Crippen molar-refractivity contribution in [3.63, 3.8) is 0 Å². The second-order valence-electron chi connectivity index (χ2n) is 17.7. The molecule has 4 N–H and O–H groups in total. The van der Waals surface area contributed by atoms with Crippen LogP contribution in [0.1, 0.15) is 97.3 Å². The zero-order valence-electron chi connectivity index (χ0n) is 37.0. The maximum absolute atomic E-state index is 14.3. The predicted molar refractivity (Wildman–Crippen MR) is 234 cm³/mol. The van der Waals surface area contributed by atoms with Gasteiger partial charge in [-0.05, 0) is 74.5 Å². The number of hydrazine groups is 1. The maximum atomic E-state index is 14.3. The Hall–Kier alpha value is -5.43. The summed E-state index contributed by atoms with van der Waals surface area (Å²) >= 11 is 0. The van der Waals surface area contributed by atoms with Crippen molar-refractivity contribution in [2.75, 3.05) is 13.1 Å². The molecular weight excluding hydrogens is 775 g/mol. The zero-order valence-corrected chi connectivity index (χ0v) is 37.0. The van der Waals surface area contributed by atoms with E-state index in [1.807, 2.05) is 119 Å². The molecule has 0 unspecified atom stereocenters. The fraction of sp³-hybridized carbons (Fsp3) is 0.521. The molecule has 1 aliphatic carbocycles. The normalized spacial score (nSPS) is 15.2. The number of nitrogens with zero attached hydrogens (tertiary/aromatic N) is 1. The van der Waals surface area contributed by atoms with Crippen LogP contribution in [0.15, 0.2) is 91.0 Å². The fourth-order valence-electron chi connectivity index (χ4n) is 7.12. The van der Waals surface area contributed by atoms with E-state index in [9.17, 15) is 24.0 Å². The third-order valence-electron chi connectivity index (χ3n) is 10.7. The summed E-state index contributed by atoms with van der Waals surface area (Å²) in [5.74, 6) is -1.82. The molecule has 332 valence electrons. The Morgan fingerprint density at radius 2 is 1.10 bits per heavy atom. The Morgan fingerprint density at radius 1 is 0.639 bits per heavy atom. The van der Waals surface area contributed by atoms with Gasteiger partial charge in [0.05, 0.1) is 18.0 Å². The summed E-state index contributed by atoms with van der Waals surface area (Å²) in [4.78, 5) is 68.4. The van der Waals surface area contributed by atoms with Crippen molar-refractivity contribution in [3.05, 3.63) is 108 Å². The van der Waals surface area contributed by atoms with Crippen LogP contribution in [-0.2, 0) is 48.2 Å². The molecule has 1 saturated carbocycles. The Morgan fingerprint density at radius 3 is 1.56 bits per heavy atom. The lowest BCUT2D eigenvalue weighted by Crippen LogP contribution is -2.61. The first-order valence-corrected chi connectivity index (χ1v) is 21.6. The smallest absolute Gasteiger partial charge is 0.408 e. The minimum atomic E-state index is -0.988. The minimum absolute atomic E-state index is 0.0179. The SMILES string of the molecule is CC(C)[C@H](NC(=O)OCc1ccccc1)C(=O)N[C@@H](Cc1ccccc1)[C@H](CN(CC1CCCCC1)NC(=O)[C@@H](NC(=O)OCc1ccccc1)C(C)C)OC(=O)C(C)(C)C. The van der Waals surface area contributed by atoms with Crippen molar-refractivity contribution in [3.8, 4) is 0 Å². The summed E-state index contributed by atoms with van der Waals surface area (Å²) in [6, 6.07) is 25.3. The van der Waals surface area contributed by atoms with Gasteiger partial charge in [0.15, 0.2) is 0 Å². The number of ether oxygens (including phenoxy) is 3. The molecule has 4 atom stereocenters. The number of rotatable bonds is 20. The first-order chi connectivity index (χ1) is 29.1. The second kappa shape index (κ2) is 24.1. The van der Waals surface area contributed by atoms with E-state index in [1.165, 1.54) is 0 Å². The monoisotopic (exact) mass is 841 g/mol. The van der Waals surface area contributed by atoms with Crippen LogP contribution in [0.4, 0.5) is 9.59 Å². The molecule has 3 aromatic rings. The number of nitrogens with one attached hydrogen (secondary N) is 4. The highest BCUT2D eigenvalue weighted by Gasteiger charge is 2.37. The molecule has 0 bridgehead atoms. The molecule has 61 heavy (non-hydrogen) atoms. The predicted octanol–water partition coefficient (Wildman–Crippen LogP) is 7.49. The molecule has 13 heteroatoms. The molecule has 4 rings (SSSR count). The van der Waals surface area contributed by atoms with E-state index in [2.05, 4.69) is 21.4 Å². The lowest BCUT2D eigenvalue weighted by molar-refractivity contribution is -0.163. The van der Waals surface area contributed by atoms with E-state index in [0.717, 1.165) is 48.8 Å². The topological polar surface area (TPSA) is 164 Å². The van der Waals surface area contributed by atoms with Crippen LogP contribution in [-0.4, -0.2) is 72.3 Å². The third-order valence-corrected chi connectivity index (χ3v) is 10.7. The Labute approximate surface area is 362 Å². The Balaban J connectivity index is 1.62. The molecule has 4 amide bonds. The minimum Gasteiger partial charge on any atom is -0.458 e. The van der Waals surface area contributed by atoms with Gasteiger partial charge in [0.1, 0.15) is 31.4 Å². The van der Waals surface area contributed by atoms with E-state index < -0.39 is 59.6 Å². The van der Waals surface area contributed by atoms with Crippen molar-refractivity contribution < 1.29 is 38.2 Å². The van der Waals surface area contributed by atoms with Gasteiger partial charge in [-0.15, -0.1) is 0 Å². The van der Waals surface area contributed by atoms with Gasteiger partial charge in [0.2, 0.25) is 5.91 Å². The van der Waals surface area contributed by atoms with Crippen LogP contribution < -0.4 is 21.4 Å². The average Bonchev–Trinajstić information content (AvgIpc) is 3.23. The average molecular weight is 842 g/mol. The van der Waals surface area contributed by atoms with Crippen LogP contribution in [0.5, 0.6) is 0 Å². The quantitative estimate of drug-likeness (QED) is 0.0513. The van der Waals surface area contributed by atoms with Crippen LogP contribution in [0.3, 0.4) is 0 Å². The van der Waals surface area contributed by atoms with Gasteiger partial charge in [-0.25, -0.2) is 14.6 Å². The molecule has 13 nitrogen and oxygen atoms in total. The van der Waals surface area contributed by atoms with Gasteiger partial charge < -0.3 is 30.2 Å². The molecule has 1 fully saturated rings. The number of hydrogen-bond acceptors (Lipinski definition) is 9. The van der Waals surface area contributed by atoms with Gasteiger partial charge in [-0.2, -0.15) is 0 Å². The molecule has 0 spiro atoms. The van der Waals surface area contributed by atoms with Crippen LogP contribution >= 0.6 is 0 Å². The van der Waals surface area contributed by atoms with Crippen LogP contribution in [0, 0.1) is 23.2 Å². The van der Waals surface area contributed by atoms with Crippen molar-refractivity contribution in [2.24, 2.45) is 23.2 Å². The van der Waals surface area contributed by atoms with E-state index >= 15 is 0 Å². The molecule has 0 radical (unpaired) electrons. The zero-order chi connectivity index (χ0) is 44.4. The van der Waals surface area contributed by atoms with Gasteiger partial charge in [-0.3, -0.25) is 19.8 Å². The Kier molecular flexibility index (Phi) is 19.1. The van der Waals surface area contributed by atoms with Gasteiger partial charge >= 0.3 is 18.2 Å². The number of alkyl carbamates (subject to hydrolysis) is 2. The molecule has 0 heterocycles. The number of benzene rings is 3. The van der Waals surface area contributed by atoms with E-state index in [1.54, 1.807) is 25.8 Å².